The molecular formula is C25H33N3S. The number of nitrogens with zero attached hydrogens (tertiary/aromatic N) is 2. The number of nitrogens with one attached hydrogen (secondary N) is 1. The zero-order valence-electron chi connectivity index (χ0n) is 17.8. The fourth-order valence-electron chi connectivity index (χ4n) is 4.85. The molecule has 29 heavy (non-hydrogen) atoms. The quantitative estimate of drug-likeness (QED) is 0.621. The molecule has 4 heteroatoms. The summed E-state index contributed by atoms with van der Waals surface area (Å²) in [6.07, 6.45) is 7.54. The molecule has 1 heterocycles. The van der Waals surface area contributed by atoms with E-state index in [1.54, 1.807) is 0 Å². The number of benzene rings is 2. The molecule has 2 aliphatic rings. The van der Waals surface area contributed by atoms with E-state index in [1.165, 1.54) is 67.4 Å². The van der Waals surface area contributed by atoms with Crippen LogP contribution in [0.1, 0.15) is 55.7 Å². The van der Waals surface area contributed by atoms with Gasteiger partial charge in [0.05, 0.1) is 0 Å². The van der Waals surface area contributed by atoms with E-state index in [2.05, 4.69) is 71.4 Å². The second-order valence-electron chi connectivity index (χ2n) is 8.51. The van der Waals surface area contributed by atoms with Crippen molar-refractivity contribution in [2.75, 3.05) is 23.3 Å². The van der Waals surface area contributed by atoms with E-state index in [-0.39, 0.29) is 0 Å². The third kappa shape index (κ3) is 4.75. The van der Waals surface area contributed by atoms with E-state index in [4.69, 9.17) is 12.2 Å². The molecule has 0 saturated heterocycles. The number of thiocarbonyl (C=S) groups is 1. The number of anilines is 2. The molecule has 1 aliphatic carbocycles. The molecule has 1 aliphatic heterocycles. The predicted octanol–water partition coefficient (Wildman–Crippen LogP) is 5.91. The van der Waals surface area contributed by atoms with Crippen molar-refractivity contribution < 1.29 is 0 Å². The number of rotatable bonds is 5. The summed E-state index contributed by atoms with van der Waals surface area (Å²) in [4.78, 5) is 4.94. The normalized spacial score (nSPS) is 16.6. The van der Waals surface area contributed by atoms with Crippen LogP contribution in [-0.2, 0) is 13.0 Å². The Morgan fingerprint density at radius 1 is 1.14 bits per heavy atom. The molecule has 1 fully saturated rings. The Bertz CT molecular complexity index is 857. The van der Waals surface area contributed by atoms with Gasteiger partial charge in [-0.15, -0.1) is 0 Å². The van der Waals surface area contributed by atoms with Crippen LogP contribution in [0.4, 0.5) is 11.4 Å². The summed E-state index contributed by atoms with van der Waals surface area (Å²) in [5.41, 5.74) is 6.64. The van der Waals surface area contributed by atoms with Crippen molar-refractivity contribution in [1.82, 2.24) is 4.90 Å². The van der Waals surface area contributed by atoms with Crippen LogP contribution in [0.2, 0.25) is 0 Å². The van der Waals surface area contributed by atoms with Crippen LogP contribution in [-0.4, -0.2) is 29.1 Å². The second-order valence-corrected chi connectivity index (χ2v) is 8.90. The molecule has 3 nitrogen and oxygen atoms in total. The molecule has 1 saturated carbocycles. The molecule has 0 atom stereocenters. The van der Waals surface area contributed by atoms with Crippen LogP contribution in [0.15, 0.2) is 42.5 Å². The Kier molecular flexibility index (Phi) is 6.39. The molecule has 2 aromatic rings. The minimum atomic E-state index is 0.544. The van der Waals surface area contributed by atoms with Gasteiger partial charge in [0.15, 0.2) is 5.11 Å². The van der Waals surface area contributed by atoms with Crippen molar-refractivity contribution in [3.05, 3.63) is 59.2 Å². The molecule has 0 spiro atoms. The predicted molar refractivity (Wildman–Crippen MR) is 128 cm³/mol. The molecule has 0 unspecified atom stereocenters. The smallest absolute Gasteiger partial charge is 0.173 e. The zero-order chi connectivity index (χ0) is 20.2. The molecule has 0 aromatic heterocycles. The van der Waals surface area contributed by atoms with Gasteiger partial charge in [0.25, 0.3) is 0 Å². The fourth-order valence-corrected chi connectivity index (χ4v) is 5.18. The van der Waals surface area contributed by atoms with Crippen molar-refractivity contribution >= 4 is 28.7 Å². The SMILES string of the molecule is CCN1CCCc2cc(CN(C(=S)Nc3cccc(C)c3)C3CCCC3)ccc21. The van der Waals surface area contributed by atoms with Crippen LogP contribution in [0, 0.1) is 6.92 Å². The van der Waals surface area contributed by atoms with E-state index >= 15 is 0 Å². The largest absolute Gasteiger partial charge is 0.372 e. The van der Waals surface area contributed by atoms with Crippen molar-refractivity contribution in [2.45, 2.75) is 65.0 Å². The van der Waals surface area contributed by atoms with Gasteiger partial charge >= 0.3 is 0 Å². The van der Waals surface area contributed by atoms with Gasteiger partial charge in [-0.25, -0.2) is 0 Å². The number of aryl methyl sites for hydroxylation is 2. The van der Waals surface area contributed by atoms with Gasteiger partial charge in [-0.1, -0.05) is 37.1 Å². The van der Waals surface area contributed by atoms with Gasteiger partial charge in [0, 0.05) is 37.1 Å². The van der Waals surface area contributed by atoms with Crippen molar-refractivity contribution in [3.8, 4) is 0 Å². The van der Waals surface area contributed by atoms with Crippen LogP contribution >= 0.6 is 12.2 Å². The molecule has 0 bridgehead atoms. The highest BCUT2D eigenvalue weighted by molar-refractivity contribution is 7.80. The molecule has 154 valence electrons. The average molecular weight is 408 g/mol. The van der Waals surface area contributed by atoms with Crippen LogP contribution in [0.25, 0.3) is 0 Å². The minimum absolute atomic E-state index is 0.544. The van der Waals surface area contributed by atoms with E-state index in [0.29, 0.717) is 6.04 Å². The van der Waals surface area contributed by atoms with Crippen LogP contribution < -0.4 is 10.2 Å². The summed E-state index contributed by atoms with van der Waals surface area (Å²) in [5.74, 6) is 0. The van der Waals surface area contributed by atoms with Crippen LogP contribution in [0.3, 0.4) is 0 Å². The van der Waals surface area contributed by atoms with E-state index in [0.717, 1.165) is 23.9 Å². The summed E-state index contributed by atoms with van der Waals surface area (Å²) >= 11 is 5.90. The highest BCUT2D eigenvalue weighted by Crippen LogP contribution is 2.30. The summed E-state index contributed by atoms with van der Waals surface area (Å²) in [6, 6.07) is 16.1. The number of fused-ring (bicyclic) bond motifs is 1. The Balaban J connectivity index is 1.54. The monoisotopic (exact) mass is 407 g/mol. The van der Waals surface area contributed by atoms with Gasteiger partial charge in [-0.2, -0.15) is 0 Å². The first-order valence-electron chi connectivity index (χ1n) is 11.1. The lowest BCUT2D eigenvalue weighted by atomic mass is 9.99. The third-order valence-electron chi connectivity index (χ3n) is 6.39. The molecule has 0 amide bonds. The van der Waals surface area contributed by atoms with E-state index in [1.807, 2.05) is 0 Å². The maximum absolute atomic E-state index is 5.90. The summed E-state index contributed by atoms with van der Waals surface area (Å²) < 4.78 is 0. The molecule has 1 N–H and O–H groups in total. The van der Waals surface area contributed by atoms with Gasteiger partial charge in [-0.3, -0.25) is 0 Å². The zero-order valence-corrected chi connectivity index (χ0v) is 18.6. The molecule has 4 rings (SSSR count). The number of hydrogen-bond acceptors (Lipinski definition) is 2. The lowest BCUT2D eigenvalue weighted by Gasteiger charge is -2.33. The minimum Gasteiger partial charge on any atom is -0.372 e. The highest BCUT2D eigenvalue weighted by atomic mass is 32.1. The lowest BCUT2D eigenvalue weighted by molar-refractivity contribution is 0.312. The summed E-state index contributed by atoms with van der Waals surface area (Å²) in [7, 11) is 0. The topological polar surface area (TPSA) is 18.5 Å². The lowest BCUT2D eigenvalue weighted by Crippen LogP contribution is -2.41. The van der Waals surface area contributed by atoms with E-state index < -0.39 is 0 Å². The first kappa shape index (κ1) is 20.2. The molecule has 2 aromatic carbocycles. The maximum atomic E-state index is 5.90. The van der Waals surface area contributed by atoms with E-state index in [9.17, 15) is 0 Å². The van der Waals surface area contributed by atoms with Crippen LogP contribution in [0.5, 0.6) is 0 Å². The second kappa shape index (κ2) is 9.17. The van der Waals surface area contributed by atoms with Gasteiger partial charge in [-0.05, 0) is 86.6 Å². The number of hydrogen-bond donors (Lipinski definition) is 1. The Morgan fingerprint density at radius 3 is 2.72 bits per heavy atom. The van der Waals surface area contributed by atoms with Crippen molar-refractivity contribution in [3.63, 3.8) is 0 Å². The average Bonchev–Trinajstić information content (AvgIpc) is 3.25. The fraction of sp³-hybridized carbons (Fsp3) is 0.480. The highest BCUT2D eigenvalue weighted by Gasteiger charge is 2.25. The maximum Gasteiger partial charge on any atom is 0.173 e. The first-order chi connectivity index (χ1) is 14.1. The standard InChI is InChI=1S/C25H33N3S/c1-3-27-15-7-9-21-17-20(13-14-24(21)27)18-28(23-11-4-5-12-23)25(29)26-22-10-6-8-19(2)16-22/h6,8,10,13-14,16-17,23H,3-5,7,9,11-12,15,18H2,1-2H3,(H,26,29). The van der Waals surface area contributed by atoms with Crippen molar-refractivity contribution in [1.29, 1.82) is 0 Å². The van der Waals surface area contributed by atoms with Gasteiger partial charge < -0.3 is 15.1 Å². The Morgan fingerprint density at radius 2 is 1.97 bits per heavy atom. The van der Waals surface area contributed by atoms with Gasteiger partial charge in [0.1, 0.15) is 0 Å². The van der Waals surface area contributed by atoms with Gasteiger partial charge in [0.2, 0.25) is 0 Å². The Hall–Kier alpha value is -2.07. The third-order valence-corrected chi connectivity index (χ3v) is 6.73. The Labute approximate surface area is 181 Å². The van der Waals surface area contributed by atoms with Crippen molar-refractivity contribution in [2.24, 2.45) is 0 Å². The summed E-state index contributed by atoms with van der Waals surface area (Å²) in [5, 5.41) is 4.36. The molecule has 0 radical (unpaired) electrons. The molecular weight excluding hydrogens is 374 g/mol. The first-order valence-corrected chi connectivity index (χ1v) is 11.6. The summed E-state index contributed by atoms with van der Waals surface area (Å²) in [6.45, 7) is 7.53.